The number of hydrogen-bond acceptors (Lipinski definition) is 6. The third kappa shape index (κ3) is 24.7. The van der Waals surface area contributed by atoms with Crippen LogP contribution in [-0.4, -0.2) is 95.8 Å². The molecule has 5 N–H and O–H groups in total. The first-order valence-corrected chi connectivity index (χ1v) is 17.5. The van der Waals surface area contributed by atoms with Crippen molar-refractivity contribution in [2.75, 3.05) is 27.2 Å². The van der Waals surface area contributed by atoms with Gasteiger partial charge >= 0.3 is 27.9 Å². The van der Waals surface area contributed by atoms with Crippen LogP contribution in [0.4, 0.5) is 0 Å². The molecule has 2 radical (unpaired) electrons. The van der Waals surface area contributed by atoms with E-state index in [1.165, 1.54) is 26.2 Å². The molecule has 10 heteroatoms. The molecule has 39 heavy (non-hydrogen) atoms. The van der Waals surface area contributed by atoms with E-state index in [1.807, 2.05) is 39.8 Å². The molecule has 0 aromatic carbocycles. The van der Waals surface area contributed by atoms with Crippen LogP contribution in [0.15, 0.2) is 0 Å². The Morgan fingerprint density at radius 2 is 1.49 bits per heavy atom. The fourth-order valence-electron chi connectivity index (χ4n) is 3.74. The van der Waals surface area contributed by atoms with Gasteiger partial charge in [-0.3, -0.25) is 14.4 Å². The first-order chi connectivity index (χ1) is 18.4. The molecule has 0 spiro atoms. The quantitative estimate of drug-likeness (QED) is 0.172. The van der Waals surface area contributed by atoms with Gasteiger partial charge in [-0.25, -0.2) is 0 Å². The van der Waals surface area contributed by atoms with Gasteiger partial charge in [0.15, 0.2) is 5.78 Å². The Hall–Kier alpha value is -0.762. The molecule has 3 atom stereocenters. The normalized spacial score (nSPS) is 15.1. The van der Waals surface area contributed by atoms with Crippen molar-refractivity contribution in [3.63, 3.8) is 0 Å². The van der Waals surface area contributed by atoms with Crippen molar-refractivity contribution in [1.82, 2.24) is 20.9 Å². The summed E-state index contributed by atoms with van der Waals surface area (Å²) < 4.78 is 0. The van der Waals surface area contributed by atoms with Gasteiger partial charge in [-0.2, -0.15) is 0 Å². The topological polar surface area (TPSA) is 117 Å². The van der Waals surface area contributed by atoms with Gasteiger partial charge < -0.3 is 26.6 Å². The number of rotatable bonds is 13. The van der Waals surface area contributed by atoms with E-state index in [0.717, 1.165) is 18.8 Å². The van der Waals surface area contributed by atoms with Crippen LogP contribution < -0.4 is 21.7 Å². The number of hydrogen-bond donors (Lipinski definition) is 4. The zero-order valence-corrected chi connectivity index (χ0v) is 29.9. The Bertz CT molecular complexity index is 656. The molecule has 8 nitrogen and oxygen atoms in total. The van der Waals surface area contributed by atoms with Gasteiger partial charge in [-0.05, 0) is 59.2 Å². The Morgan fingerprint density at radius 1 is 0.974 bits per heavy atom. The molecule has 0 aliphatic heterocycles. The van der Waals surface area contributed by atoms with E-state index in [4.69, 9.17) is 18.0 Å². The minimum absolute atomic E-state index is 0.0322. The monoisotopic (exact) mass is 679 g/mol. The summed E-state index contributed by atoms with van der Waals surface area (Å²) in [5, 5.41) is 8.68. The summed E-state index contributed by atoms with van der Waals surface area (Å²) in [5.74, 6) is 0.894. The van der Waals surface area contributed by atoms with E-state index in [1.54, 1.807) is 23.0 Å². The maximum absolute atomic E-state index is 12.8. The van der Waals surface area contributed by atoms with Crippen LogP contribution in [0.2, 0.25) is 4.87 Å². The molecule has 0 heterocycles. The number of carbonyl (C=O) groups excluding carboxylic acids is 3. The van der Waals surface area contributed by atoms with Crippen LogP contribution >= 0.6 is 12.2 Å². The summed E-state index contributed by atoms with van der Waals surface area (Å²) in [6.07, 6.45) is 7.27. The van der Waals surface area contributed by atoms with E-state index >= 15 is 0 Å². The minimum atomic E-state index is -0.636. The summed E-state index contributed by atoms with van der Waals surface area (Å²) in [4.78, 5) is 41.4. The van der Waals surface area contributed by atoms with Crippen LogP contribution in [0.3, 0.4) is 0 Å². The van der Waals surface area contributed by atoms with Gasteiger partial charge in [-0.1, -0.05) is 78.9 Å². The van der Waals surface area contributed by atoms with Crippen molar-refractivity contribution >= 4 is 57.8 Å². The van der Waals surface area contributed by atoms with Crippen molar-refractivity contribution in [1.29, 1.82) is 0 Å². The van der Waals surface area contributed by atoms with Gasteiger partial charge in [-0.15, -0.1) is 0 Å². The number of amides is 2. The SMILES string of the molecule is CC.CC(=O)C(CC1CCCCC1)NC(=O)C(CCN)NC(=S)CNC(=O)CC(C)N(C)C.CC(C)C.[CH3][Sb]. The number of Topliss-reactive ketones (excluding diaryl/α,β-unsaturated/α-hetero) is 1. The fraction of sp³-hybridized carbons (Fsp3) is 0.862. The first-order valence-electron chi connectivity index (χ1n) is 14.5. The number of ketones is 1. The Labute approximate surface area is 259 Å². The molecule has 0 bridgehead atoms. The molecular formula is C29H60N5O3SSb. The van der Waals surface area contributed by atoms with Crippen molar-refractivity contribution in [3.05, 3.63) is 0 Å². The molecule has 1 aliphatic carbocycles. The van der Waals surface area contributed by atoms with Gasteiger partial charge in [0.25, 0.3) is 0 Å². The van der Waals surface area contributed by atoms with Gasteiger partial charge in [0.2, 0.25) is 11.8 Å². The van der Waals surface area contributed by atoms with Crippen molar-refractivity contribution in [2.24, 2.45) is 17.6 Å². The summed E-state index contributed by atoms with van der Waals surface area (Å²) in [6, 6.07) is -1.01. The van der Waals surface area contributed by atoms with E-state index in [0.29, 0.717) is 36.7 Å². The summed E-state index contributed by atoms with van der Waals surface area (Å²) in [6.45, 7) is 14.4. The molecule has 2 amide bonds. The molecule has 1 rings (SSSR count). The Balaban J connectivity index is -0.00000145. The molecule has 230 valence electrons. The van der Waals surface area contributed by atoms with Crippen LogP contribution in [0.1, 0.15) is 99.8 Å². The predicted octanol–water partition coefficient (Wildman–Crippen LogP) is 4.01. The molecule has 1 aliphatic rings. The summed E-state index contributed by atoms with van der Waals surface area (Å²) in [7, 11) is 3.84. The van der Waals surface area contributed by atoms with Crippen LogP contribution in [-0.2, 0) is 14.4 Å². The molecule has 0 saturated heterocycles. The zero-order chi connectivity index (χ0) is 31.0. The standard InChI is InChI=1S/C22H41N5O3S.C4H10.C2H6.CH3.Sb/c1-15(27(3)4)12-20(29)24-14-21(31)25-18(10-11-23)22(30)26-19(16(2)28)13-17-8-6-5-7-9-17;1-4(2)3;1-2;;/h15,17-19H,5-14,23H2,1-4H3,(H,24,29)(H,25,31)(H,26,30);4H,1-3H3;1-2H3;1H3;. The van der Waals surface area contributed by atoms with Crippen molar-refractivity contribution in [3.8, 4) is 0 Å². The summed E-state index contributed by atoms with van der Waals surface area (Å²) >= 11 is 7.07. The molecular weight excluding hydrogens is 620 g/mol. The number of thiocarbonyl (C=S) groups is 1. The molecule has 0 aromatic heterocycles. The molecule has 1 saturated carbocycles. The number of carbonyl (C=O) groups is 3. The average molecular weight is 681 g/mol. The maximum atomic E-state index is 12.8. The second-order valence-electron chi connectivity index (χ2n) is 10.6. The number of nitrogens with two attached hydrogens (primary N) is 1. The molecule has 3 unspecified atom stereocenters. The second kappa shape index (κ2) is 27.4. The molecule has 1 fully saturated rings. The summed E-state index contributed by atoms with van der Waals surface area (Å²) in [5.41, 5.74) is 5.68. The molecule has 0 aromatic rings. The van der Waals surface area contributed by atoms with Gasteiger partial charge in [0.1, 0.15) is 6.04 Å². The Morgan fingerprint density at radius 3 is 1.92 bits per heavy atom. The average Bonchev–Trinajstić information content (AvgIpc) is 2.89. The van der Waals surface area contributed by atoms with E-state index in [9.17, 15) is 14.4 Å². The van der Waals surface area contributed by atoms with E-state index in [-0.39, 0.29) is 30.2 Å². The van der Waals surface area contributed by atoms with Crippen LogP contribution in [0.25, 0.3) is 0 Å². The fourth-order valence-corrected chi connectivity index (χ4v) is 3.95. The van der Waals surface area contributed by atoms with Crippen LogP contribution in [0, 0.1) is 11.8 Å². The third-order valence-corrected chi connectivity index (χ3v) is 6.28. The second-order valence-corrected chi connectivity index (χ2v) is 11.1. The van der Waals surface area contributed by atoms with Crippen molar-refractivity contribution in [2.45, 2.75) is 123 Å². The zero-order valence-electron chi connectivity index (χ0n) is 26.6. The Kier molecular flexibility index (Phi) is 30.0. The first kappa shape index (κ1) is 42.7. The van der Waals surface area contributed by atoms with E-state index in [2.05, 4.69) is 41.6 Å². The number of nitrogens with zero attached hydrogens (tertiary/aromatic N) is 1. The third-order valence-electron chi connectivity index (χ3n) is 6.02. The van der Waals surface area contributed by atoms with Gasteiger partial charge in [0, 0.05) is 12.5 Å². The van der Waals surface area contributed by atoms with Crippen LogP contribution in [0.5, 0.6) is 0 Å². The van der Waals surface area contributed by atoms with Crippen molar-refractivity contribution < 1.29 is 14.4 Å². The van der Waals surface area contributed by atoms with Gasteiger partial charge in [0.05, 0.1) is 17.6 Å². The number of nitrogens with one attached hydrogen (secondary N) is 3. The predicted molar refractivity (Wildman–Crippen MR) is 171 cm³/mol. The van der Waals surface area contributed by atoms with E-state index < -0.39 is 12.1 Å².